The molecule has 2 aromatic heterocycles. The predicted octanol–water partition coefficient (Wildman–Crippen LogP) is 5.75. The molecule has 1 aliphatic carbocycles. The van der Waals surface area contributed by atoms with E-state index in [9.17, 15) is 4.39 Å². The molecule has 0 bridgehead atoms. The second-order valence-corrected chi connectivity index (χ2v) is 8.23. The third-order valence-corrected chi connectivity index (χ3v) is 6.48. The van der Waals surface area contributed by atoms with Crippen molar-refractivity contribution in [3.8, 4) is 17.2 Å². The number of hydrogen-bond donors (Lipinski definition) is 1. The van der Waals surface area contributed by atoms with E-state index in [4.69, 9.17) is 9.15 Å². The van der Waals surface area contributed by atoms with Gasteiger partial charge in [0.05, 0.1) is 7.11 Å². The first-order valence-electron chi connectivity index (χ1n) is 10.9. The molecular formula is C24H29FN4O2. The quantitative estimate of drug-likeness (QED) is 0.487. The molecule has 164 valence electrons. The van der Waals surface area contributed by atoms with E-state index < -0.39 is 0 Å². The number of methoxy groups -OCH3 is 1. The average Bonchev–Trinajstić information content (AvgIpc) is 3.28. The van der Waals surface area contributed by atoms with E-state index in [1.807, 2.05) is 37.3 Å². The molecule has 3 aromatic rings. The van der Waals surface area contributed by atoms with Crippen LogP contribution < -0.4 is 10.1 Å². The molecule has 1 aliphatic rings. The minimum Gasteiger partial charge on any atom is -0.497 e. The van der Waals surface area contributed by atoms with Crippen molar-refractivity contribution in [3.63, 3.8) is 0 Å². The van der Waals surface area contributed by atoms with Gasteiger partial charge in [0.25, 0.3) is 0 Å². The van der Waals surface area contributed by atoms with Gasteiger partial charge in [-0.1, -0.05) is 12.0 Å². The van der Waals surface area contributed by atoms with Gasteiger partial charge < -0.3 is 14.5 Å². The lowest BCUT2D eigenvalue weighted by atomic mass is 9.75. The molecular weight excluding hydrogens is 395 g/mol. The van der Waals surface area contributed by atoms with Crippen LogP contribution in [0.5, 0.6) is 5.75 Å². The normalized spacial score (nSPS) is 19.7. The summed E-state index contributed by atoms with van der Waals surface area (Å²) >= 11 is 0. The number of rotatable bonds is 7. The lowest BCUT2D eigenvalue weighted by molar-refractivity contribution is 0.285. The number of benzene rings is 1. The third-order valence-electron chi connectivity index (χ3n) is 6.48. The SMILES string of the molecule is CCC(Nc1nnc(-c2ccc(OC)cc2)o1)C1CCC(c2ccnc(F)c2C)CC1. The van der Waals surface area contributed by atoms with Crippen molar-refractivity contribution in [3.05, 3.63) is 53.6 Å². The molecule has 0 radical (unpaired) electrons. The van der Waals surface area contributed by atoms with Gasteiger partial charge in [-0.25, -0.2) is 4.98 Å². The van der Waals surface area contributed by atoms with E-state index >= 15 is 0 Å². The van der Waals surface area contributed by atoms with Crippen LogP contribution in [0.1, 0.15) is 56.1 Å². The molecule has 1 saturated carbocycles. The fraction of sp³-hybridized carbons (Fsp3) is 0.458. The number of nitrogens with zero attached hydrogens (tertiary/aromatic N) is 3. The highest BCUT2D eigenvalue weighted by molar-refractivity contribution is 5.54. The topological polar surface area (TPSA) is 73.1 Å². The summed E-state index contributed by atoms with van der Waals surface area (Å²) in [5.74, 6) is 1.84. The van der Waals surface area contributed by atoms with Gasteiger partial charge in [0.15, 0.2) is 0 Å². The van der Waals surface area contributed by atoms with Crippen molar-refractivity contribution in [1.29, 1.82) is 0 Å². The third kappa shape index (κ3) is 4.70. The highest BCUT2D eigenvalue weighted by atomic mass is 19.1. The molecule has 1 unspecified atom stereocenters. The van der Waals surface area contributed by atoms with Crippen molar-refractivity contribution >= 4 is 6.01 Å². The summed E-state index contributed by atoms with van der Waals surface area (Å²) in [5, 5.41) is 11.8. The van der Waals surface area contributed by atoms with Crippen LogP contribution in [-0.2, 0) is 0 Å². The van der Waals surface area contributed by atoms with Crippen molar-refractivity contribution in [1.82, 2.24) is 15.2 Å². The number of hydrogen-bond acceptors (Lipinski definition) is 6. The van der Waals surface area contributed by atoms with E-state index in [1.54, 1.807) is 13.3 Å². The Morgan fingerprint density at radius 3 is 2.55 bits per heavy atom. The Labute approximate surface area is 182 Å². The van der Waals surface area contributed by atoms with Gasteiger partial charge in [0.1, 0.15) is 5.75 Å². The Balaban J connectivity index is 1.38. The first kappa shape index (κ1) is 21.3. The Morgan fingerprint density at radius 2 is 1.87 bits per heavy atom. The molecule has 31 heavy (non-hydrogen) atoms. The zero-order chi connectivity index (χ0) is 21.8. The molecule has 0 saturated heterocycles. The van der Waals surface area contributed by atoms with Crippen LogP contribution in [0, 0.1) is 18.8 Å². The zero-order valence-corrected chi connectivity index (χ0v) is 18.3. The maximum absolute atomic E-state index is 13.8. The second-order valence-electron chi connectivity index (χ2n) is 8.23. The lowest BCUT2D eigenvalue weighted by Crippen LogP contribution is -2.31. The van der Waals surface area contributed by atoms with Crippen LogP contribution in [0.25, 0.3) is 11.5 Å². The Morgan fingerprint density at radius 1 is 1.13 bits per heavy atom. The predicted molar refractivity (Wildman–Crippen MR) is 118 cm³/mol. The molecule has 4 rings (SSSR count). The van der Waals surface area contributed by atoms with E-state index in [0.29, 0.717) is 29.3 Å². The monoisotopic (exact) mass is 424 g/mol. The second kappa shape index (κ2) is 9.45. The van der Waals surface area contributed by atoms with E-state index in [1.165, 1.54) is 0 Å². The first-order chi connectivity index (χ1) is 15.1. The van der Waals surface area contributed by atoms with Gasteiger partial charge in [-0.2, -0.15) is 4.39 Å². The van der Waals surface area contributed by atoms with Crippen LogP contribution in [0.4, 0.5) is 10.4 Å². The van der Waals surface area contributed by atoms with E-state index in [0.717, 1.165) is 49.0 Å². The van der Waals surface area contributed by atoms with Gasteiger partial charge in [-0.3, -0.25) is 0 Å². The van der Waals surface area contributed by atoms with Crippen molar-refractivity contribution in [2.24, 2.45) is 5.92 Å². The number of anilines is 1. The van der Waals surface area contributed by atoms with Crippen LogP contribution in [0.15, 0.2) is 40.9 Å². The standard InChI is InChI=1S/C24H29FN4O2/c1-4-21(17-7-5-16(6-8-17)20-13-14-26-22(25)15(20)2)27-24-29-28-23(31-24)18-9-11-19(30-3)12-10-18/h9-14,16-17,21H,4-8H2,1-3H3,(H,27,29). The van der Waals surface area contributed by atoms with Gasteiger partial charge in [-0.05, 0) is 86.8 Å². The molecule has 2 heterocycles. The highest BCUT2D eigenvalue weighted by Gasteiger charge is 2.29. The Hall–Kier alpha value is -2.96. The van der Waals surface area contributed by atoms with Crippen molar-refractivity contribution in [2.75, 3.05) is 12.4 Å². The zero-order valence-electron chi connectivity index (χ0n) is 18.3. The number of ether oxygens (including phenoxy) is 1. The van der Waals surface area contributed by atoms with Crippen molar-refractivity contribution in [2.45, 2.75) is 57.9 Å². The summed E-state index contributed by atoms with van der Waals surface area (Å²) < 4.78 is 24.9. The average molecular weight is 425 g/mol. The highest BCUT2D eigenvalue weighted by Crippen LogP contribution is 2.39. The van der Waals surface area contributed by atoms with Crippen LogP contribution in [0.3, 0.4) is 0 Å². The summed E-state index contributed by atoms with van der Waals surface area (Å²) in [5.41, 5.74) is 2.65. The van der Waals surface area contributed by atoms with E-state index in [2.05, 4.69) is 27.4 Å². The maximum atomic E-state index is 13.8. The minimum atomic E-state index is -0.350. The molecule has 1 fully saturated rings. The number of nitrogens with one attached hydrogen (secondary N) is 1. The number of aromatic nitrogens is 3. The summed E-state index contributed by atoms with van der Waals surface area (Å²) in [6.07, 6.45) is 6.81. The number of pyridine rings is 1. The van der Waals surface area contributed by atoms with Gasteiger partial charge >= 0.3 is 6.01 Å². The molecule has 1 atom stereocenters. The summed E-state index contributed by atoms with van der Waals surface area (Å²) in [6, 6.07) is 10.2. The van der Waals surface area contributed by atoms with E-state index in [-0.39, 0.29) is 12.0 Å². The van der Waals surface area contributed by atoms with Gasteiger partial charge in [0.2, 0.25) is 11.8 Å². The van der Waals surface area contributed by atoms with Crippen LogP contribution >= 0.6 is 0 Å². The minimum absolute atomic E-state index is 0.264. The Kier molecular flexibility index (Phi) is 6.49. The summed E-state index contributed by atoms with van der Waals surface area (Å²) in [6.45, 7) is 4.00. The smallest absolute Gasteiger partial charge is 0.315 e. The lowest BCUT2D eigenvalue weighted by Gasteiger charge is -2.34. The fourth-order valence-electron chi connectivity index (χ4n) is 4.64. The molecule has 0 amide bonds. The molecule has 1 aromatic carbocycles. The maximum Gasteiger partial charge on any atom is 0.315 e. The molecule has 0 spiro atoms. The Bertz CT molecular complexity index is 997. The molecule has 1 N–H and O–H groups in total. The fourth-order valence-corrected chi connectivity index (χ4v) is 4.64. The first-order valence-corrected chi connectivity index (χ1v) is 10.9. The largest absolute Gasteiger partial charge is 0.497 e. The van der Waals surface area contributed by atoms with Crippen LogP contribution in [-0.4, -0.2) is 28.3 Å². The summed E-state index contributed by atoms with van der Waals surface area (Å²) in [7, 11) is 1.64. The summed E-state index contributed by atoms with van der Waals surface area (Å²) in [4.78, 5) is 3.76. The molecule has 7 heteroatoms. The van der Waals surface area contributed by atoms with Gasteiger partial charge in [-0.15, -0.1) is 5.10 Å². The molecule has 6 nitrogen and oxygen atoms in total. The molecule has 0 aliphatic heterocycles. The van der Waals surface area contributed by atoms with Crippen molar-refractivity contribution < 1.29 is 13.5 Å². The van der Waals surface area contributed by atoms with Crippen LogP contribution in [0.2, 0.25) is 0 Å². The van der Waals surface area contributed by atoms with Gasteiger partial charge in [0, 0.05) is 23.4 Å². The number of halogens is 1.